The number of aromatic nitrogens is 3. The van der Waals surface area contributed by atoms with E-state index in [9.17, 15) is 18.0 Å². The molecule has 1 fully saturated rings. The molecule has 2 N–H and O–H groups in total. The van der Waals surface area contributed by atoms with E-state index in [0.29, 0.717) is 13.1 Å². The Kier molecular flexibility index (Phi) is 6.73. The van der Waals surface area contributed by atoms with Gasteiger partial charge >= 0.3 is 6.18 Å². The number of halogens is 4. The van der Waals surface area contributed by atoms with Crippen LogP contribution in [0.25, 0.3) is 0 Å². The van der Waals surface area contributed by atoms with E-state index in [1.165, 1.54) is 0 Å². The molecule has 2 aromatic rings. The number of pyridine rings is 1. The van der Waals surface area contributed by atoms with Crippen LogP contribution in [0, 0.1) is 5.92 Å². The Morgan fingerprint density at radius 1 is 1.24 bits per heavy atom. The highest BCUT2D eigenvalue weighted by Crippen LogP contribution is 2.32. The topological polar surface area (TPSA) is 83.0 Å². The van der Waals surface area contributed by atoms with Crippen molar-refractivity contribution in [2.75, 3.05) is 36.4 Å². The van der Waals surface area contributed by atoms with E-state index >= 15 is 0 Å². The summed E-state index contributed by atoms with van der Waals surface area (Å²) in [6.07, 6.45) is 2.76. The predicted molar refractivity (Wildman–Crippen MR) is 103 cm³/mol. The van der Waals surface area contributed by atoms with Gasteiger partial charge in [0.1, 0.15) is 11.6 Å². The molecule has 1 aliphatic heterocycles. The summed E-state index contributed by atoms with van der Waals surface area (Å²) in [5.74, 6) is 0.639. The molecule has 1 amide bonds. The lowest BCUT2D eigenvalue weighted by atomic mass is 9.97. The van der Waals surface area contributed by atoms with Crippen LogP contribution in [0.3, 0.4) is 0 Å². The normalized spacial score (nSPS) is 17.1. The highest BCUT2D eigenvalue weighted by Gasteiger charge is 2.31. The second-order valence-electron chi connectivity index (χ2n) is 6.62. The predicted octanol–water partition coefficient (Wildman–Crippen LogP) is 2.99. The largest absolute Gasteiger partial charge is 0.417 e. The van der Waals surface area contributed by atoms with Crippen molar-refractivity contribution in [1.29, 1.82) is 0 Å². The molecule has 1 saturated heterocycles. The first kappa shape index (κ1) is 21.1. The van der Waals surface area contributed by atoms with Crippen molar-refractivity contribution in [3.05, 3.63) is 41.4 Å². The number of alkyl halides is 3. The zero-order valence-corrected chi connectivity index (χ0v) is 16.2. The number of amides is 1. The third kappa shape index (κ3) is 5.69. The molecule has 0 saturated carbocycles. The molecule has 0 radical (unpaired) electrons. The van der Waals surface area contributed by atoms with Gasteiger partial charge in [-0.3, -0.25) is 9.78 Å². The monoisotopic (exact) mass is 428 g/mol. The van der Waals surface area contributed by atoms with E-state index < -0.39 is 11.7 Å². The van der Waals surface area contributed by atoms with E-state index in [2.05, 4.69) is 25.6 Å². The molecule has 0 unspecified atom stereocenters. The minimum atomic E-state index is -4.50. The van der Waals surface area contributed by atoms with Crippen molar-refractivity contribution in [2.45, 2.75) is 19.0 Å². The van der Waals surface area contributed by atoms with E-state index in [1.807, 2.05) is 4.90 Å². The average molecular weight is 429 g/mol. The first-order chi connectivity index (χ1) is 13.8. The number of rotatable bonds is 6. The summed E-state index contributed by atoms with van der Waals surface area (Å²) in [5.41, 5.74) is -0.911. The van der Waals surface area contributed by atoms with Gasteiger partial charge in [-0.05, 0) is 18.9 Å². The van der Waals surface area contributed by atoms with Crippen LogP contribution in [0.4, 0.5) is 24.8 Å². The van der Waals surface area contributed by atoms with Gasteiger partial charge in [-0.25, -0.2) is 9.97 Å². The number of carbonyl (C=O) groups is 1. The molecular formula is C18H20ClF3N6O. The summed E-state index contributed by atoms with van der Waals surface area (Å²) in [7, 11) is 0. The van der Waals surface area contributed by atoms with Crippen LogP contribution in [-0.2, 0) is 11.0 Å². The summed E-state index contributed by atoms with van der Waals surface area (Å²) in [6.45, 7) is 1.95. The number of hydrogen-bond acceptors (Lipinski definition) is 6. The summed E-state index contributed by atoms with van der Waals surface area (Å²) >= 11 is 5.84. The third-order valence-electron chi connectivity index (χ3n) is 4.55. The first-order valence-corrected chi connectivity index (χ1v) is 9.47. The Hall–Kier alpha value is -2.62. The van der Waals surface area contributed by atoms with Gasteiger partial charge in [-0.1, -0.05) is 11.6 Å². The van der Waals surface area contributed by atoms with Gasteiger partial charge in [-0.2, -0.15) is 13.2 Å². The number of piperidine rings is 1. The molecule has 0 aromatic carbocycles. The summed E-state index contributed by atoms with van der Waals surface area (Å²) in [6, 6.07) is 0.818. The van der Waals surface area contributed by atoms with E-state index in [-0.39, 0.29) is 29.2 Å². The number of hydrogen-bond donors (Lipinski definition) is 2. The first-order valence-electron chi connectivity index (χ1n) is 9.10. The van der Waals surface area contributed by atoms with Gasteiger partial charge in [0.2, 0.25) is 5.91 Å². The number of carbonyl (C=O) groups excluding carboxylic acids is 1. The van der Waals surface area contributed by atoms with E-state index in [1.54, 1.807) is 18.6 Å². The molecule has 156 valence electrons. The average Bonchev–Trinajstić information content (AvgIpc) is 2.72. The lowest BCUT2D eigenvalue weighted by Gasteiger charge is -2.32. The maximum atomic E-state index is 12.6. The van der Waals surface area contributed by atoms with Gasteiger partial charge in [-0.15, -0.1) is 0 Å². The molecule has 0 aliphatic carbocycles. The molecule has 29 heavy (non-hydrogen) atoms. The van der Waals surface area contributed by atoms with Crippen molar-refractivity contribution in [1.82, 2.24) is 20.3 Å². The highest BCUT2D eigenvalue weighted by atomic mass is 35.5. The van der Waals surface area contributed by atoms with Crippen LogP contribution in [0.1, 0.15) is 18.4 Å². The smallest absolute Gasteiger partial charge is 0.367 e. The zero-order chi connectivity index (χ0) is 20.9. The van der Waals surface area contributed by atoms with Crippen molar-refractivity contribution >= 4 is 29.1 Å². The minimum Gasteiger partial charge on any atom is -0.367 e. The molecule has 0 spiro atoms. The number of nitrogens with zero attached hydrogens (tertiary/aromatic N) is 4. The molecule has 2 aromatic heterocycles. The lowest BCUT2D eigenvalue weighted by Crippen LogP contribution is -2.44. The minimum absolute atomic E-state index is 0.0770. The SMILES string of the molecule is O=C(NCCNc1ncc(C(F)(F)F)cc1Cl)[C@@H]1CCCN(c2cnccn2)C1. The molecule has 1 aliphatic rings. The molecule has 1 atom stereocenters. The second kappa shape index (κ2) is 9.25. The van der Waals surface area contributed by atoms with Crippen LogP contribution >= 0.6 is 11.6 Å². The summed E-state index contributed by atoms with van der Waals surface area (Å²) in [4.78, 5) is 26.5. The fourth-order valence-corrected chi connectivity index (χ4v) is 3.32. The van der Waals surface area contributed by atoms with Crippen molar-refractivity contribution in [3.8, 4) is 0 Å². The number of anilines is 2. The maximum absolute atomic E-state index is 12.6. The van der Waals surface area contributed by atoms with Crippen LogP contribution in [-0.4, -0.2) is 47.0 Å². The van der Waals surface area contributed by atoms with Crippen molar-refractivity contribution < 1.29 is 18.0 Å². The van der Waals surface area contributed by atoms with Gasteiger partial charge in [0.05, 0.1) is 22.7 Å². The Labute approximate surface area is 170 Å². The molecule has 3 heterocycles. The van der Waals surface area contributed by atoms with Crippen LogP contribution in [0.15, 0.2) is 30.9 Å². The molecule has 11 heteroatoms. The van der Waals surface area contributed by atoms with Crippen LogP contribution in [0.5, 0.6) is 0 Å². The zero-order valence-electron chi connectivity index (χ0n) is 15.4. The van der Waals surface area contributed by atoms with Gasteiger partial charge in [0.15, 0.2) is 0 Å². The van der Waals surface area contributed by atoms with Gasteiger partial charge in [0.25, 0.3) is 0 Å². The highest BCUT2D eigenvalue weighted by molar-refractivity contribution is 6.32. The fourth-order valence-electron chi connectivity index (χ4n) is 3.09. The van der Waals surface area contributed by atoms with Crippen molar-refractivity contribution in [3.63, 3.8) is 0 Å². The Morgan fingerprint density at radius 2 is 2.07 bits per heavy atom. The quantitative estimate of drug-likeness (QED) is 0.688. The molecule has 7 nitrogen and oxygen atoms in total. The maximum Gasteiger partial charge on any atom is 0.417 e. The van der Waals surface area contributed by atoms with Crippen molar-refractivity contribution in [2.24, 2.45) is 5.92 Å². The van der Waals surface area contributed by atoms with E-state index in [0.717, 1.165) is 37.5 Å². The fraction of sp³-hybridized carbons (Fsp3) is 0.444. The number of nitrogens with one attached hydrogen (secondary N) is 2. The van der Waals surface area contributed by atoms with Gasteiger partial charge < -0.3 is 15.5 Å². The Balaban J connectivity index is 1.45. The summed E-state index contributed by atoms with van der Waals surface area (Å²) < 4.78 is 37.9. The van der Waals surface area contributed by atoms with Crippen LogP contribution in [0.2, 0.25) is 5.02 Å². The van der Waals surface area contributed by atoms with Crippen LogP contribution < -0.4 is 15.5 Å². The Morgan fingerprint density at radius 3 is 2.76 bits per heavy atom. The third-order valence-corrected chi connectivity index (χ3v) is 4.84. The Bertz CT molecular complexity index is 836. The standard InChI is InChI=1S/C18H20ClF3N6O/c19-14-8-13(18(20,21)22)9-27-16(14)25-5-6-26-17(29)12-2-1-7-28(11-12)15-10-23-3-4-24-15/h3-4,8-10,12H,1-2,5-7,11H2,(H,25,27)(H,26,29)/t12-/m1/s1. The summed E-state index contributed by atoms with van der Waals surface area (Å²) in [5, 5.41) is 5.54. The molecular weight excluding hydrogens is 409 g/mol. The van der Waals surface area contributed by atoms with E-state index in [4.69, 9.17) is 11.6 Å². The lowest BCUT2D eigenvalue weighted by molar-refractivity contribution is -0.137. The van der Waals surface area contributed by atoms with Gasteiger partial charge in [0, 0.05) is 44.8 Å². The molecule has 0 bridgehead atoms. The molecule has 3 rings (SSSR count). The second-order valence-corrected chi connectivity index (χ2v) is 7.03.